The van der Waals surface area contributed by atoms with Crippen molar-refractivity contribution in [3.8, 4) is 0 Å². The quantitative estimate of drug-likeness (QED) is 0.865. The van der Waals surface area contributed by atoms with Crippen LogP contribution in [-0.4, -0.2) is 47.2 Å². The lowest BCUT2D eigenvalue weighted by molar-refractivity contribution is 0.101. The molecular formula is C15H18N6O2. The van der Waals surface area contributed by atoms with Crippen LogP contribution in [0.3, 0.4) is 0 Å². The Morgan fingerprint density at radius 2 is 1.87 bits per heavy atom. The minimum absolute atomic E-state index is 0.000401. The number of aromatic nitrogens is 3. The fraction of sp³-hybridized carbons (Fsp3) is 0.333. The minimum Gasteiger partial charge on any atom is -0.378 e. The van der Waals surface area contributed by atoms with Crippen LogP contribution in [0.5, 0.6) is 0 Å². The first-order valence-electron chi connectivity index (χ1n) is 7.34. The Kier molecular flexibility index (Phi) is 4.33. The molecule has 0 spiro atoms. The van der Waals surface area contributed by atoms with Gasteiger partial charge in [0.1, 0.15) is 0 Å². The third-order valence-corrected chi connectivity index (χ3v) is 3.45. The number of anilines is 3. The second kappa shape index (κ2) is 6.57. The number of nitrogens with zero attached hydrogens (tertiary/aromatic N) is 4. The summed E-state index contributed by atoms with van der Waals surface area (Å²) < 4.78 is 5.29. The number of hydrogen-bond acceptors (Lipinski definition) is 7. The summed E-state index contributed by atoms with van der Waals surface area (Å²) in [6, 6.07) is 7.47. The number of nitrogens with two attached hydrogens (primary N) is 1. The number of carbonyl (C=O) groups excluding carboxylic acids is 1. The van der Waals surface area contributed by atoms with Gasteiger partial charge in [-0.2, -0.15) is 15.0 Å². The van der Waals surface area contributed by atoms with Crippen molar-refractivity contribution in [2.24, 2.45) is 0 Å². The van der Waals surface area contributed by atoms with Crippen LogP contribution in [0.1, 0.15) is 16.2 Å². The van der Waals surface area contributed by atoms with Crippen LogP contribution in [-0.2, 0) is 4.74 Å². The summed E-state index contributed by atoms with van der Waals surface area (Å²) in [5.41, 5.74) is 7.50. The average Bonchev–Trinajstić information content (AvgIpc) is 2.57. The number of morpholine rings is 1. The van der Waals surface area contributed by atoms with Crippen LogP contribution in [0, 0.1) is 6.92 Å². The van der Waals surface area contributed by atoms with Gasteiger partial charge in [-0.3, -0.25) is 4.79 Å². The molecule has 0 radical (unpaired) electrons. The number of hydrogen-bond donors (Lipinski definition) is 2. The predicted molar refractivity (Wildman–Crippen MR) is 86.4 cm³/mol. The highest BCUT2D eigenvalue weighted by molar-refractivity contribution is 6.01. The Hall–Kier alpha value is -2.74. The topological polar surface area (TPSA) is 106 Å². The highest BCUT2D eigenvalue weighted by atomic mass is 16.5. The van der Waals surface area contributed by atoms with Gasteiger partial charge in [-0.05, 0) is 19.1 Å². The molecule has 0 atom stereocenters. The molecule has 1 aliphatic heterocycles. The van der Waals surface area contributed by atoms with Gasteiger partial charge in [0, 0.05) is 18.8 Å². The standard InChI is InChI=1S/C15H18N6O2/c1-10-2-4-11(5-3-10)17-13(22)12-18-14(16)20-15(19-12)21-6-8-23-9-7-21/h2-5H,6-9H2,1H3,(H,17,22)(H2,16,18,19,20). The van der Waals surface area contributed by atoms with Crippen LogP contribution in [0.15, 0.2) is 24.3 Å². The predicted octanol–water partition coefficient (Wildman–Crippen LogP) is 0.851. The maximum absolute atomic E-state index is 12.3. The molecule has 1 saturated heterocycles. The smallest absolute Gasteiger partial charge is 0.293 e. The van der Waals surface area contributed by atoms with E-state index >= 15 is 0 Å². The highest BCUT2D eigenvalue weighted by Crippen LogP contribution is 2.13. The van der Waals surface area contributed by atoms with Gasteiger partial charge in [0.2, 0.25) is 17.7 Å². The lowest BCUT2D eigenvalue weighted by atomic mass is 10.2. The van der Waals surface area contributed by atoms with Crippen LogP contribution in [0.2, 0.25) is 0 Å². The largest absolute Gasteiger partial charge is 0.378 e. The van der Waals surface area contributed by atoms with Crippen molar-refractivity contribution in [1.29, 1.82) is 0 Å². The van der Waals surface area contributed by atoms with Gasteiger partial charge in [0.25, 0.3) is 5.91 Å². The summed E-state index contributed by atoms with van der Waals surface area (Å²) in [5.74, 6) is 0.00225. The van der Waals surface area contributed by atoms with E-state index in [-0.39, 0.29) is 11.8 Å². The molecule has 23 heavy (non-hydrogen) atoms. The molecule has 0 aliphatic carbocycles. The second-order valence-electron chi connectivity index (χ2n) is 5.24. The summed E-state index contributed by atoms with van der Waals surface area (Å²) in [4.78, 5) is 26.5. The Labute approximate surface area is 133 Å². The van der Waals surface area contributed by atoms with Gasteiger partial charge < -0.3 is 20.7 Å². The number of ether oxygens (including phenoxy) is 1. The normalized spacial score (nSPS) is 14.6. The summed E-state index contributed by atoms with van der Waals surface area (Å²) in [6.45, 7) is 4.48. The van der Waals surface area contributed by atoms with E-state index in [1.807, 2.05) is 36.1 Å². The molecule has 2 heterocycles. The van der Waals surface area contributed by atoms with Crippen molar-refractivity contribution in [2.45, 2.75) is 6.92 Å². The molecule has 120 valence electrons. The zero-order chi connectivity index (χ0) is 16.2. The summed E-state index contributed by atoms with van der Waals surface area (Å²) in [7, 11) is 0. The molecule has 1 aliphatic rings. The Morgan fingerprint density at radius 1 is 1.17 bits per heavy atom. The van der Waals surface area contributed by atoms with Gasteiger partial charge in [0.15, 0.2) is 0 Å². The van der Waals surface area contributed by atoms with Crippen LogP contribution < -0.4 is 16.0 Å². The SMILES string of the molecule is Cc1ccc(NC(=O)c2nc(N)nc(N3CCOCC3)n2)cc1. The molecule has 1 amide bonds. The molecule has 0 bridgehead atoms. The zero-order valence-corrected chi connectivity index (χ0v) is 12.8. The maximum Gasteiger partial charge on any atom is 0.293 e. The van der Waals surface area contributed by atoms with Crippen molar-refractivity contribution in [3.05, 3.63) is 35.7 Å². The molecule has 8 heteroatoms. The molecule has 3 rings (SSSR count). The average molecular weight is 314 g/mol. The van der Waals surface area contributed by atoms with Crippen molar-refractivity contribution in [3.63, 3.8) is 0 Å². The van der Waals surface area contributed by atoms with Crippen LogP contribution in [0.4, 0.5) is 17.6 Å². The van der Waals surface area contributed by atoms with Crippen LogP contribution >= 0.6 is 0 Å². The first kappa shape index (κ1) is 15.2. The first-order valence-corrected chi connectivity index (χ1v) is 7.34. The molecule has 2 aromatic rings. The first-order chi connectivity index (χ1) is 11.1. The van der Waals surface area contributed by atoms with Gasteiger partial charge in [0.05, 0.1) is 13.2 Å². The fourth-order valence-electron chi connectivity index (χ4n) is 2.21. The third-order valence-electron chi connectivity index (χ3n) is 3.45. The lowest BCUT2D eigenvalue weighted by Crippen LogP contribution is -2.38. The lowest BCUT2D eigenvalue weighted by Gasteiger charge is -2.26. The van der Waals surface area contributed by atoms with E-state index in [2.05, 4.69) is 20.3 Å². The van der Waals surface area contributed by atoms with E-state index in [0.717, 1.165) is 5.56 Å². The summed E-state index contributed by atoms with van der Waals surface area (Å²) in [6.07, 6.45) is 0. The second-order valence-corrected chi connectivity index (χ2v) is 5.24. The number of amides is 1. The summed E-state index contributed by atoms with van der Waals surface area (Å²) >= 11 is 0. The molecule has 8 nitrogen and oxygen atoms in total. The molecule has 0 unspecified atom stereocenters. The fourth-order valence-corrected chi connectivity index (χ4v) is 2.21. The Morgan fingerprint density at radius 3 is 2.57 bits per heavy atom. The Bertz CT molecular complexity index is 698. The number of nitrogens with one attached hydrogen (secondary N) is 1. The number of aryl methyl sites for hydroxylation is 1. The van der Waals surface area contributed by atoms with Crippen molar-refractivity contribution in [1.82, 2.24) is 15.0 Å². The van der Waals surface area contributed by atoms with E-state index in [4.69, 9.17) is 10.5 Å². The van der Waals surface area contributed by atoms with E-state index in [9.17, 15) is 4.79 Å². The van der Waals surface area contributed by atoms with E-state index in [1.54, 1.807) is 0 Å². The third kappa shape index (κ3) is 3.72. The number of benzene rings is 1. The Balaban J connectivity index is 1.79. The van der Waals surface area contributed by atoms with Gasteiger partial charge in [-0.1, -0.05) is 17.7 Å². The summed E-state index contributed by atoms with van der Waals surface area (Å²) in [5, 5.41) is 2.75. The van der Waals surface area contributed by atoms with Gasteiger partial charge >= 0.3 is 0 Å². The molecule has 1 fully saturated rings. The van der Waals surface area contributed by atoms with Crippen molar-refractivity contribution in [2.75, 3.05) is 42.3 Å². The highest BCUT2D eigenvalue weighted by Gasteiger charge is 2.18. The monoisotopic (exact) mass is 314 g/mol. The number of nitrogen functional groups attached to an aromatic ring is 1. The van der Waals surface area contributed by atoms with E-state index in [1.165, 1.54) is 0 Å². The van der Waals surface area contributed by atoms with Crippen molar-refractivity contribution < 1.29 is 9.53 Å². The van der Waals surface area contributed by atoms with Gasteiger partial charge in [-0.15, -0.1) is 0 Å². The van der Waals surface area contributed by atoms with Crippen LogP contribution in [0.25, 0.3) is 0 Å². The minimum atomic E-state index is -0.419. The molecule has 1 aromatic heterocycles. The van der Waals surface area contributed by atoms with E-state index < -0.39 is 5.91 Å². The zero-order valence-electron chi connectivity index (χ0n) is 12.8. The van der Waals surface area contributed by atoms with Crippen molar-refractivity contribution >= 4 is 23.5 Å². The van der Waals surface area contributed by atoms with E-state index in [0.29, 0.717) is 37.9 Å². The maximum atomic E-state index is 12.3. The molecular weight excluding hydrogens is 296 g/mol. The molecule has 1 aromatic carbocycles. The number of rotatable bonds is 3. The molecule has 0 saturated carbocycles. The van der Waals surface area contributed by atoms with Gasteiger partial charge in [-0.25, -0.2) is 0 Å². The number of carbonyl (C=O) groups is 1. The molecule has 3 N–H and O–H groups in total.